The Kier molecular flexibility index (Phi) is 4.51. The average Bonchev–Trinajstić information content (AvgIpc) is 2.86. The smallest absolute Gasteiger partial charge is 0.212 e. The summed E-state index contributed by atoms with van der Waals surface area (Å²) in [5, 5.41) is 0. The number of hydrogen-bond donors (Lipinski definition) is 0. The van der Waals surface area contributed by atoms with Crippen molar-refractivity contribution in [1.82, 2.24) is 9.55 Å². The van der Waals surface area contributed by atoms with Crippen molar-refractivity contribution < 1.29 is 4.57 Å². The molecule has 0 bridgehead atoms. The molecule has 3 nitrogen and oxygen atoms in total. The van der Waals surface area contributed by atoms with Crippen molar-refractivity contribution in [2.45, 2.75) is 34.1 Å². The summed E-state index contributed by atoms with van der Waals surface area (Å²) in [6.07, 6.45) is 5.23. The van der Waals surface area contributed by atoms with Crippen LogP contribution in [-0.2, 0) is 20.5 Å². The summed E-state index contributed by atoms with van der Waals surface area (Å²) in [6.45, 7) is 8.95. The Morgan fingerprint density at radius 2 is 1.76 bits per heavy atom. The van der Waals surface area contributed by atoms with Crippen LogP contribution in [0, 0.1) is 12.3 Å². The molecule has 3 heteroatoms. The quantitative estimate of drug-likeness (QED) is 0.647. The minimum absolute atomic E-state index is 0.236. The van der Waals surface area contributed by atoms with E-state index in [1.54, 1.807) is 0 Å². The molecule has 0 amide bonds. The number of pyridine rings is 1. The molecule has 0 N–H and O–H groups in total. The van der Waals surface area contributed by atoms with Crippen molar-refractivity contribution in [3.63, 3.8) is 0 Å². The molecular weight excluding hydrogens is 306 g/mol. The molecular formula is C22H28N3+. The van der Waals surface area contributed by atoms with E-state index in [-0.39, 0.29) is 5.41 Å². The lowest BCUT2D eigenvalue weighted by Crippen LogP contribution is -2.30. The van der Waals surface area contributed by atoms with Gasteiger partial charge in [-0.1, -0.05) is 32.9 Å². The van der Waals surface area contributed by atoms with Crippen molar-refractivity contribution in [2.24, 2.45) is 19.5 Å². The number of aromatic nitrogens is 3. The molecule has 0 aliphatic rings. The number of imidazole rings is 1. The molecule has 0 saturated heterocycles. The van der Waals surface area contributed by atoms with E-state index in [2.05, 4.69) is 99.7 Å². The average molecular weight is 334 g/mol. The van der Waals surface area contributed by atoms with Crippen molar-refractivity contribution in [2.75, 3.05) is 0 Å². The zero-order valence-corrected chi connectivity index (χ0v) is 16.2. The van der Waals surface area contributed by atoms with Gasteiger partial charge in [0.1, 0.15) is 12.9 Å². The van der Waals surface area contributed by atoms with Crippen LogP contribution in [0.25, 0.3) is 22.6 Å². The molecule has 3 aromatic rings. The first kappa shape index (κ1) is 17.4. The van der Waals surface area contributed by atoms with Crippen LogP contribution in [0.15, 0.2) is 48.8 Å². The predicted molar refractivity (Wildman–Crippen MR) is 103 cm³/mol. The van der Waals surface area contributed by atoms with Gasteiger partial charge in [-0.3, -0.25) is 0 Å². The summed E-state index contributed by atoms with van der Waals surface area (Å²) in [4.78, 5) is 4.94. The first-order valence-electron chi connectivity index (χ1n) is 8.83. The molecule has 0 saturated carbocycles. The highest BCUT2D eigenvalue weighted by Gasteiger charge is 2.19. The van der Waals surface area contributed by atoms with Gasteiger partial charge < -0.3 is 4.57 Å². The summed E-state index contributed by atoms with van der Waals surface area (Å²) in [5.74, 6) is 1.04. The first-order chi connectivity index (χ1) is 11.8. The molecule has 130 valence electrons. The van der Waals surface area contributed by atoms with E-state index in [4.69, 9.17) is 4.98 Å². The van der Waals surface area contributed by atoms with Crippen LogP contribution in [0.2, 0.25) is 0 Å². The number of benzene rings is 1. The highest BCUT2D eigenvalue weighted by Crippen LogP contribution is 2.30. The zero-order chi connectivity index (χ0) is 18.2. The van der Waals surface area contributed by atoms with Crippen LogP contribution < -0.4 is 4.57 Å². The van der Waals surface area contributed by atoms with Gasteiger partial charge in [0.05, 0.1) is 5.69 Å². The lowest BCUT2D eigenvalue weighted by atomic mass is 9.91. The molecule has 0 aliphatic carbocycles. The third-order valence-corrected chi connectivity index (χ3v) is 4.54. The van der Waals surface area contributed by atoms with Crippen LogP contribution in [-0.4, -0.2) is 9.55 Å². The lowest BCUT2D eigenvalue weighted by Gasteiger charge is -2.15. The largest absolute Gasteiger partial charge is 0.334 e. The number of aryl methyl sites for hydroxylation is 2. The maximum Gasteiger partial charge on any atom is 0.212 e. The van der Waals surface area contributed by atoms with Gasteiger partial charge in [0, 0.05) is 36.5 Å². The summed E-state index contributed by atoms with van der Waals surface area (Å²) >= 11 is 0. The van der Waals surface area contributed by atoms with E-state index >= 15 is 0 Å². The third kappa shape index (κ3) is 3.65. The fourth-order valence-corrected chi connectivity index (χ4v) is 3.37. The van der Waals surface area contributed by atoms with Gasteiger partial charge in [-0.25, -0.2) is 9.55 Å². The van der Waals surface area contributed by atoms with Crippen LogP contribution >= 0.6 is 0 Å². The fourth-order valence-electron chi connectivity index (χ4n) is 3.37. The van der Waals surface area contributed by atoms with Gasteiger partial charge in [-0.15, -0.1) is 0 Å². The second-order valence-corrected chi connectivity index (χ2v) is 8.08. The normalized spacial score (nSPS) is 11.8. The monoisotopic (exact) mass is 334 g/mol. The molecule has 0 fully saturated rings. The van der Waals surface area contributed by atoms with Gasteiger partial charge in [0.15, 0.2) is 6.20 Å². The van der Waals surface area contributed by atoms with Crippen LogP contribution in [0.4, 0.5) is 0 Å². The van der Waals surface area contributed by atoms with Crippen LogP contribution in [0.3, 0.4) is 0 Å². The Balaban J connectivity index is 2.08. The fraction of sp³-hybridized carbons (Fsp3) is 0.364. The van der Waals surface area contributed by atoms with Crippen molar-refractivity contribution in [3.8, 4) is 22.6 Å². The maximum atomic E-state index is 4.94. The van der Waals surface area contributed by atoms with E-state index in [1.165, 1.54) is 22.4 Å². The van der Waals surface area contributed by atoms with E-state index < -0.39 is 0 Å². The molecule has 1 aromatic carbocycles. The van der Waals surface area contributed by atoms with Crippen molar-refractivity contribution in [3.05, 3.63) is 60.0 Å². The van der Waals surface area contributed by atoms with Gasteiger partial charge >= 0.3 is 0 Å². The van der Waals surface area contributed by atoms with Crippen molar-refractivity contribution >= 4 is 0 Å². The standard InChI is InChI=1S/C22H28N3/c1-16-18(20-12-7-8-13-24(20)5)10-9-11-19(16)21-23-17(15-25(21)6)14-22(2,3)4/h7-13,15H,14H2,1-6H3/q+1. The van der Waals surface area contributed by atoms with Gasteiger partial charge in [-0.2, -0.15) is 0 Å². The molecule has 2 heterocycles. The lowest BCUT2D eigenvalue weighted by molar-refractivity contribution is -0.660. The van der Waals surface area contributed by atoms with Crippen LogP contribution in [0.5, 0.6) is 0 Å². The summed E-state index contributed by atoms with van der Waals surface area (Å²) in [7, 11) is 4.17. The predicted octanol–water partition coefficient (Wildman–Crippen LogP) is 4.48. The molecule has 0 aliphatic heterocycles. The zero-order valence-electron chi connectivity index (χ0n) is 16.2. The molecule has 2 aromatic heterocycles. The molecule has 0 unspecified atom stereocenters. The summed E-state index contributed by atoms with van der Waals surface area (Å²) < 4.78 is 4.31. The first-order valence-corrected chi connectivity index (χ1v) is 8.83. The van der Waals surface area contributed by atoms with Gasteiger partial charge in [0.2, 0.25) is 5.69 Å². The summed E-state index contributed by atoms with van der Waals surface area (Å²) in [6, 6.07) is 12.8. The van der Waals surface area contributed by atoms with E-state index in [1.807, 2.05) is 0 Å². The minimum atomic E-state index is 0.236. The summed E-state index contributed by atoms with van der Waals surface area (Å²) in [5.41, 5.74) is 6.32. The molecule has 3 rings (SSSR count). The minimum Gasteiger partial charge on any atom is -0.334 e. The highest BCUT2D eigenvalue weighted by molar-refractivity contribution is 5.73. The Bertz CT molecular complexity index is 898. The molecule has 0 spiro atoms. The third-order valence-electron chi connectivity index (χ3n) is 4.54. The molecule has 25 heavy (non-hydrogen) atoms. The highest BCUT2D eigenvalue weighted by atomic mass is 15.0. The molecule has 0 atom stereocenters. The topological polar surface area (TPSA) is 21.7 Å². The van der Waals surface area contributed by atoms with Gasteiger partial charge in [0.25, 0.3) is 0 Å². The van der Waals surface area contributed by atoms with E-state index in [0.717, 1.165) is 17.9 Å². The van der Waals surface area contributed by atoms with E-state index in [0.29, 0.717) is 0 Å². The SMILES string of the molecule is Cc1c(-c2nc(CC(C)(C)C)cn2C)cccc1-c1cccc[n+]1C. The second-order valence-electron chi connectivity index (χ2n) is 8.08. The van der Waals surface area contributed by atoms with Crippen LogP contribution in [0.1, 0.15) is 32.0 Å². The van der Waals surface area contributed by atoms with Crippen molar-refractivity contribution in [1.29, 1.82) is 0 Å². The molecule has 0 radical (unpaired) electrons. The Morgan fingerprint density at radius 1 is 1.04 bits per heavy atom. The Hall–Kier alpha value is -2.42. The van der Waals surface area contributed by atoms with Gasteiger partial charge in [-0.05, 0) is 36.5 Å². The number of hydrogen-bond acceptors (Lipinski definition) is 1. The Labute approximate surface area is 151 Å². The maximum absolute atomic E-state index is 4.94. The number of nitrogens with zero attached hydrogens (tertiary/aromatic N) is 3. The number of rotatable bonds is 3. The Morgan fingerprint density at radius 3 is 2.44 bits per heavy atom. The second kappa shape index (κ2) is 6.47. The van der Waals surface area contributed by atoms with E-state index in [9.17, 15) is 0 Å².